The maximum Gasteiger partial charge on any atom is 0.417 e. The second-order valence-corrected chi connectivity index (χ2v) is 15.1. The van der Waals surface area contributed by atoms with Crippen LogP contribution in [0.4, 0.5) is 32.8 Å². The lowest BCUT2D eigenvalue weighted by atomic mass is 9.92. The number of fused-ring (bicyclic) bond motifs is 2. The van der Waals surface area contributed by atoms with E-state index in [-0.39, 0.29) is 80.6 Å². The third-order valence-electron chi connectivity index (χ3n) is 11.0. The van der Waals surface area contributed by atoms with Crippen LogP contribution in [0.3, 0.4) is 0 Å². The number of likely N-dealkylation sites (tertiary alicyclic amines) is 2. The lowest BCUT2D eigenvalue weighted by molar-refractivity contribution is -0.137. The summed E-state index contributed by atoms with van der Waals surface area (Å²) in [6.45, 7) is 7.12. The molecule has 2 N–H and O–H groups in total. The lowest BCUT2D eigenvalue weighted by Crippen LogP contribution is -2.49. The molecule has 3 atom stereocenters. The molecule has 10 nitrogen and oxygen atoms in total. The van der Waals surface area contributed by atoms with Crippen molar-refractivity contribution in [2.75, 3.05) is 57.6 Å². The summed E-state index contributed by atoms with van der Waals surface area (Å²) in [5.41, 5.74) is 2.91. The number of nitriles is 1. The first kappa shape index (κ1) is 36.8. The van der Waals surface area contributed by atoms with Crippen LogP contribution in [-0.4, -0.2) is 90.8 Å². The molecule has 3 fully saturated rings. The smallest absolute Gasteiger partial charge is 0.417 e. The maximum absolute atomic E-state index is 17.3. The van der Waals surface area contributed by atoms with Gasteiger partial charge in [-0.15, -0.1) is 11.3 Å². The largest absolute Gasteiger partial charge is 0.462 e. The summed E-state index contributed by atoms with van der Waals surface area (Å²) in [7, 11) is 3.48. The van der Waals surface area contributed by atoms with Gasteiger partial charge in [0.15, 0.2) is 5.82 Å². The number of hydrogen-bond acceptors (Lipinski definition) is 10. The van der Waals surface area contributed by atoms with Crippen LogP contribution in [0.2, 0.25) is 0 Å². The molecule has 7 rings (SSSR count). The van der Waals surface area contributed by atoms with Crippen molar-refractivity contribution < 1.29 is 36.2 Å². The minimum Gasteiger partial charge on any atom is -0.462 e. The fourth-order valence-corrected chi connectivity index (χ4v) is 9.20. The molecular weight excluding hydrogens is 718 g/mol. The number of nitrogens with zero attached hydrogens (tertiary/aromatic N) is 6. The average molecular weight is 756 g/mol. The summed E-state index contributed by atoms with van der Waals surface area (Å²) in [6, 6.07) is 3.34. The molecular formula is C37H38F5N7O3S. The van der Waals surface area contributed by atoms with E-state index < -0.39 is 46.5 Å². The van der Waals surface area contributed by atoms with Gasteiger partial charge in [0.05, 0.1) is 34.5 Å². The summed E-state index contributed by atoms with van der Waals surface area (Å²) in [6.07, 6.45) is -0.362. The Morgan fingerprint density at radius 3 is 2.64 bits per heavy atom. The first-order valence-corrected chi connectivity index (χ1v) is 18.1. The number of aromatic nitrogens is 2. The molecule has 1 spiro atoms. The number of anilines is 2. The number of rotatable bonds is 10. The first-order chi connectivity index (χ1) is 25.2. The van der Waals surface area contributed by atoms with Crippen LogP contribution >= 0.6 is 11.3 Å². The monoisotopic (exact) mass is 755 g/mol. The van der Waals surface area contributed by atoms with Gasteiger partial charge in [-0.05, 0) is 68.8 Å². The van der Waals surface area contributed by atoms with E-state index in [1.165, 1.54) is 13.2 Å². The van der Waals surface area contributed by atoms with Crippen molar-refractivity contribution in [2.24, 2.45) is 5.41 Å². The number of ether oxygens (including phenoxy) is 2. The second kappa shape index (κ2) is 13.7. The SMILES string of the molecule is C=CC(=O)N1CC[C@@H](N(CC)c2nc(OC[C@@H]3CC4(CC4)CN3C)nc3c(F)c(-c4ccc(F)c5sc(N)c(C#N)c45)c(C(F)(F)F)cc23)[C@H]1COC. The predicted molar refractivity (Wildman–Crippen MR) is 192 cm³/mol. The number of methoxy groups -OCH3 is 1. The Morgan fingerprint density at radius 1 is 1.26 bits per heavy atom. The third kappa shape index (κ3) is 6.32. The van der Waals surface area contributed by atoms with Gasteiger partial charge >= 0.3 is 12.2 Å². The molecule has 2 saturated heterocycles. The van der Waals surface area contributed by atoms with Crippen LogP contribution in [0, 0.1) is 28.4 Å². The van der Waals surface area contributed by atoms with Crippen LogP contribution in [0.1, 0.15) is 43.7 Å². The number of alkyl halides is 3. The highest BCUT2D eigenvalue weighted by Crippen LogP contribution is 2.54. The highest BCUT2D eigenvalue weighted by Gasteiger charge is 2.51. The van der Waals surface area contributed by atoms with E-state index in [1.54, 1.807) is 16.7 Å². The molecule has 0 unspecified atom stereocenters. The van der Waals surface area contributed by atoms with Gasteiger partial charge in [-0.25, -0.2) is 8.78 Å². The molecule has 1 aliphatic carbocycles. The molecule has 1 saturated carbocycles. The van der Waals surface area contributed by atoms with E-state index in [1.807, 2.05) is 13.1 Å². The Bertz CT molecular complexity index is 2160. The fourth-order valence-electron chi connectivity index (χ4n) is 8.25. The Labute approximate surface area is 306 Å². The first-order valence-electron chi connectivity index (χ1n) is 17.3. The number of carbonyl (C=O) groups is 1. The summed E-state index contributed by atoms with van der Waals surface area (Å²) < 4.78 is 89.3. The van der Waals surface area contributed by atoms with Gasteiger partial charge in [0, 0.05) is 49.1 Å². The van der Waals surface area contributed by atoms with E-state index in [4.69, 9.17) is 15.2 Å². The molecule has 4 aromatic rings. The van der Waals surface area contributed by atoms with Crippen molar-refractivity contribution >= 4 is 49.1 Å². The molecule has 2 aromatic carbocycles. The van der Waals surface area contributed by atoms with Crippen molar-refractivity contribution in [1.82, 2.24) is 19.8 Å². The highest BCUT2D eigenvalue weighted by molar-refractivity contribution is 7.23. The summed E-state index contributed by atoms with van der Waals surface area (Å²) >= 11 is 0.694. The van der Waals surface area contributed by atoms with Gasteiger partial charge in [-0.1, -0.05) is 12.6 Å². The number of halogens is 5. The quantitative estimate of drug-likeness (QED) is 0.138. The van der Waals surface area contributed by atoms with Crippen LogP contribution in [0.5, 0.6) is 6.01 Å². The average Bonchev–Trinajstić information content (AvgIpc) is 3.42. The zero-order valence-electron chi connectivity index (χ0n) is 29.4. The number of nitrogen functional groups attached to an aromatic ring is 1. The van der Waals surface area contributed by atoms with E-state index in [9.17, 15) is 10.1 Å². The van der Waals surface area contributed by atoms with Gasteiger partial charge < -0.3 is 25.0 Å². The van der Waals surface area contributed by atoms with Crippen LogP contribution in [0.25, 0.3) is 32.1 Å². The van der Waals surface area contributed by atoms with Crippen LogP contribution in [0.15, 0.2) is 30.9 Å². The molecule has 2 aromatic heterocycles. The van der Waals surface area contributed by atoms with Crippen LogP contribution < -0.4 is 15.4 Å². The zero-order chi connectivity index (χ0) is 38.0. The highest BCUT2D eigenvalue weighted by atomic mass is 32.1. The molecule has 0 bridgehead atoms. The predicted octanol–water partition coefficient (Wildman–Crippen LogP) is 6.75. The van der Waals surface area contributed by atoms with Crippen molar-refractivity contribution in [2.45, 2.75) is 56.9 Å². The number of likely N-dealkylation sites (N-methyl/N-ethyl adjacent to an activating group) is 2. The molecule has 16 heteroatoms. The minimum absolute atomic E-state index is 0.0114. The Kier molecular flexibility index (Phi) is 9.48. The van der Waals surface area contributed by atoms with E-state index in [0.29, 0.717) is 24.3 Å². The summed E-state index contributed by atoms with van der Waals surface area (Å²) in [4.78, 5) is 27.4. The Morgan fingerprint density at radius 2 is 2.02 bits per heavy atom. The third-order valence-corrected chi connectivity index (χ3v) is 12.0. The van der Waals surface area contributed by atoms with E-state index >= 15 is 22.0 Å². The summed E-state index contributed by atoms with van der Waals surface area (Å²) in [5, 5.41) is 9.31. The van der Waals surface area contributed by atoms with E-state index in [2.05, 4.69) is 21.4 Å². The van der Waals surface area contributed by atoms with Gasteiger partial charge in [0.25, 0.3) is 0 Å². The molecule has 3 aliphatic rings. The topological polar surface area (TPSA) is 121 Å². The van der Waals surface area contributed by atoms with Gasteiger partial charge in [-0.2, -0.15) is 28.4 Å². The summed E-state index contributed by atoms with van der Waals surface area (Å²) in [5.74, 6) is -2.50. The number of hydrogen-bond donors (Lipinski definition) is 1. The maximum atomic E-state index is 17.3. The minimum atomic E-state index is -5.12. The van der Waals surface area contributed by atoms with Crippen molar-refractivity contribution in [3.05, 3.63) is 53.6 Å². The lowest BCUT2D eigenvalue weighted by Gasteiger charge is -2.35. The molecule has 280 valence electrons. The van der Waals surface area contributed by atoms with Crippen molar-refractivity contribution in [1.29, 1.82) is 5.26 Å². The van der Waals surface area contributed by atoms with Crippen LogP contribution in [-0.2, 0) is 15.7 Å². The van der Waals surface area contributed by atoms with E-state index in [0.717, 1.165) is 44.0 Å². The molecule has 0 radical (unpaired) electrons. The normalized spacial score (nSPS) is 21.1. The number of nitrogens with two attached hydrogens (primary N) is 1. The number of amides is 1. The number of thiophene rings is 1. The molecule has 1 amide bonds. The van der Waals surface area contributed by atoms with Gasteiger partial charge in [-0.3, -0.25) is 9.69 Å². The molecule has 4 heterocycles. The number of benzene rings is 2. The van der Waals surface area contributed by atoms with Crippen molar-refractivity contribution in [3.8, 4) is 23.2 Å². The van der Waals surface area contributed by atoms with Gasteiger partial charge in [0.1, 0.15) is 34.8 Å². The second-order valence-electron chi connectivity index (χ2n) is 14.1. The van der Waals surface area contributed by atoms with Gasteiger partial charge in [0.2, 0.25) is 5.91 Å². The molecule has 53 heavy (non-hydrogen) atoms. The molecule has 2 aliphatic heterocycles. The zero-order valence-corrected chi connectivity index (χ0v) is 30.2. The van der Waals surface area contributed by atoms with Crippen molar-refractivity contribution in [3.63, 3.8) is 0 Å². The Balaban J connectivity index is 1.45. The standard InChI is InChI=1S/C37H38F5N7O3S/c1-5-27(50)49-12-9-25(26(49)17-51-4)48(6-2)34-21-13-23(37(40,41)42)29(20-7-8-24(38)32-28(20)22(15-43)33(44)53-32)30(39)31(21)45-35(46-34)52-16-19-14-36(10-11-36)18-47(19)3/h5,7-8,13,19,25-26H,1,6,9-12,14,16-18,44H2,2-4H3/t19-,25+,26+/m0/s1. The fraction of sp³-hybridized carbons (Fsp3) is 0.459. The number of carbonyl (C=O) groups excluding carboxylic acids is 1. The Hall–Kier alpha value is -4.59.